The first-order valence-corrected chi connectivity index (χ1v) is 10.2. The van der Waals surface area contributed by atoms with Crippen LogP contribution in [0.4, 0.5) is 30.4 Å². The molecule has 1 aromatic heterocycles. The van der Waals surface area contributed by atoms with E-state index in [4.69, 9.17) is 9.72 Å². The molecule has 1 fully saturated rings. The number of hydrogen-bond donors (Lipinski definition) is 1. The predicted octanol–water partition coefficient (Wildman–Crippen LogP) is 5.55. The van der Waals surface area contributed by atoms with Crippen LogP contribution in [0, 0.1) is 0 Å². The van der Waals surface area contributed by atoms with Crippen molar-refractivity contribution in [1.82, 2.24) is 4.98 Å². The van der Waals surface area contributed by atoms with Gasteiger partial charge in [-0.1, -0.05) is 18.2 Å². The van der Waals surface area contributed by atoms with Gasteiger partial charge in [-0.2, -0.15) is 13.2 Å². The standard InChI is InChI=1S/C24H22F3N3O2/c1-16(31)17-3-2-4-18(13-17)22-14-21(15-23(29-22)30-9-11-32-12-10-30)28-20-7-5-19(6-8-20)24(25,26)27/h2-8,13-15H,9-12H2,1H3,(H,28,29). The zero-order valence-electron chi connectivity index (χ0n) is 17.4. The van der Waals surface area contributed by atoms with Gasteiger partial charge in [0.1, 0.15) is 5.82 Å². The van der Waals surface area contributed by atoms with E-state index >= 15 is 0 Å². The molecular weight excluding hydrogens is 419 g/mol. The fourth-order valence-electron chi connectivity index (χ4n) is 3.50. The average Bonchev–Trinajstić information content (AvgIpc) is 2.79. The number of nitrogens with zero attached hydrogens (tertiary/aromatic N) is 2. The van der Waals surface area contributed by atoms with Crippen molar-refractivity contribution < 1.29 is 22.7 Å². The molecule has 0 saturated carbocycles. The highest BCUT2D eigenvalue weighted by atomic mass is 19.4. The van der Waals surface area contributed by atoms with Crippen molar-refractivity contribution in [2.75, 3.05) is 36.5 Å². The Bertz CT molecular complexity index is 1110. The van der Waals surface area contributed by atoms with Crippen LogP contribution in [0.3, 0.4) is 0 Å². The van der Waals surface area contributed by atoms with E-state index in [9.17, 15) is 18.0 Å². The summed E-state index contributed by atoms with van der Waals surface area (Å²) in [6, 6.07) is 15.8. The minimum Gasteiger partial charge on any atom is -0.378 e. The number of Topliss-reactive ketones (excluding diaryl/α,β-unsaturated/α-hetero) is 1. The summed E-state index contributed by atoms with van der Waals surface area (Å²) in [6.07, 6.45) is -4.38. The van der Waals surface area contributed by atoms with Crippen LogP contribution in [0.25, 0.3) is 11.3 Å². The zero-order valence-corrected chi connectivity index (χ0v) is 17.4. The molecule has 0 unspecified atom stereocenters. The van der Waals surface area contributed by atoms with Gasteiger partial charge in [-0.3, -0.25) is 4.79 Å². The summed E-state index contributed by atoms with van der Waals surface area (Å²) in [5, 5.41) is 3.18. The maximum absolute atomic E-state index is 12.9. The summed E-state index contributed by atoms with van der Waals surface area (Å²) in [4.78, 5) is 18.7. The number of benzene rings is 2. The summed E-state index contributed by atoms with van der Waals surface area (Å²) in [5.74, 6) is 0.688. The van der Waals surface area contributed by atoms with E-state index < -0.39 is 11.7 Å². The van der Waals surface area contributed by atoms with Crippen LogP contribution in [0.2, 0.25) is 0 Å². The van der Waals surface area contributed by atoms with Crippen LogP contribution >= 0.6 is 0 Å². The van der Waals surface area contributed by atoms with Crippen molar-refractivity contribution >= 4 is 23.0 Å². The summed E-state index contributed by atoms with van der Waals surface area (Å²) >= 11 is 0. The second-order valence-corrected chi connectivity index (χ2v) is 7.54. The molecule has 32 heavy (non-hydrogen) atoms. The van der Waals surface area contributed by atoms with Gasteiger partial charge in [0.2, 0.25) is 0 Å². The maximum atomic E-state index is 12.9. The first kappa shape index (κ1) is 21.8. The van der Waals surface area contributed by atoms with Gasteiger partial charge in [-0.25, -0.2) is 4.98 Å². The van der Waals surface area contributed by atoms with Crippen LogP contribution in [-0.2, 0) is 10.9 Å². The number of morpholine rings is 1. The third kappa shape index (κ3) is 5.08. The Hall–Kier alpha value is -3.39. The van der Waals surface area contributed by atoms with E-state index in [-0.39, 0.29) is 5.78 Å². The number of rotatable bonds is 5. The summed E-state index contributed by atoms with van der Waals surface area (Å²) in [7, 11) is 0. The molecule has 3 aromatic rings. The molecule has 0 spiro atoms. The fourth-order valence-corrected chi connectivity index (χ4v) is 3.50. The van der Waals surface area contributed by atoms with Gasteiger partial charge in [-0.15, -0.1) is 0 Å². The van der Waals surface area contributed by atoms with Gasteiger partial charge in [0, 0.05) is 41.7 Å². The van der Waals surface area contributed by atoms with Crippen LogP contribution in [0.1, 0.15) is 22.8 Å². The van der Waals surface area contributed by atoms with Crippen molar-refractivity contribution in [2.45, 2.75) is 13.1 Å². The van der Waals surface area contributed by atoms with Crippen molar-refractivity contribution in [3.63, 3.8) is 0 Å². The lowest BCUT2D eigenvalue weighted by Gasteiger charge is -2.28. The number of alkyl halides is 3. The molecule has 166 valence electrons. The van der Waals surface area contributed by atoms with E-state index in [1.807, 2.05) is 18.2 Å². The highest BCUT2D eigenvalue weighted by molar-refractivity contribution is 5.95. The van der Waals surface area contributed by atoms with E-state index in [1.165, 1.54) is 19.1 Å². The number of aromatic nitrogens is 1. The molecule has 0 atom stereocenters. The quantitative estimate of drug-likeness (QED) is 0.526. The Balaban J connectivity index is 1.70. The molecule has 0 amide bonds. The van der Waals surface area contributed by atoms with Gasteiger partial charge >= 0.3 is 6.18 Å². The lowest BCUT2D eigenvalue weighted by Crippen LogP contribution is -2.36. The number of halogens is 3. The number of anilines is 3. The number of hydrogen-bond acceptors (Lipinski definition) is 5. The number of ether oxygens (including phenoxy) is 1. The maximum Gasteiger partial charge on any atom is 0.416 e. The Morgan fingerprint density at radius 1 is 1.00 bits per heavy atom. The Morgan fingerprint density at radius 3 is 2.38 bits per heavy atom. The largest absolute Gasteiger partial charge is 0.416 e. The first-order valence-electron chi connectivity index (χ1n) is 10.2. The lowest BCUT2D eigenvalue weighted by molar-refractivity contribution is -0.137. The topological polar surface area (TPSA) is 54.5 Å². The SMILES string of the molecule is CC(=O)c1cccc(-c2cc(Nc3ccc(C(F)(F)F)cc3)cc(N3CCOCC3)n2)c1. The van der Waals surface area contributed by atoms with Gasteiger partial charge in [-0.05, 0) is 43.3 Å². The molecule has 1 aliphatic heterocycles. The van der Waals surface area contributed by atoms with Gasteiger partial charge in [0.15, 0.2) is 5.78 Å². The molecule has 0 aliphatic carbocycles. The summed E-state index contributed by atoms with van der Waals surface area (Å²) < 4.78 is 44.0. The second kappa shape index (κ2) is 9.00. The Morgan fingerprint density at radius 2 is 1.72 bits per heavy atom. The average molecular weight is 441 g/mol. The van der Waals surface area contributed by atoms with Crippen LogP contribution in [0.5, 0.6) is 0 Å². The fraction of sp³-hybridized carbons (Fsp3) is 0.250. The molecule has 1 aliphatic rings. The highest BCUT2D eigenvalue weighted by Gasteiger charge is 2.30. The van der Waals surface area contributed by atoms with Crippen LogP contribution < -0.4 is 10.2 Å². The minimum atomic E-state index is -4.38. The number of nitrogens with one attached hydrogen (secondary N) is 1. The van der Waals surface area contributed by atoms with Crippen LogP contribution in [-0.4, -0.2) is 37.1 Å². The van der Waals surface area contributed by atoms with Crippen molar-refractivity contribution in [1.29, 1.82) is 0 Å². The molecular formula is C24H22F3N3O2. The Labute approximate surface area is 183 Å². The van der Waals surface area contributed by atoms with Crippen molar-refractivity contribution in [2.24, 2.45) is 0 Å². The molecule has 5 nitrogen and oxygen atoms in total. The summed E-state index contributed by atoms with van der Waals surface area (Å²) in [5.41, 5.74) is 2.53. The monoisotopic (exact) mass is 441 g/mol. The van der Waals surface area contributed by atoms with E-state index in [2.05, 4.69) is 10.2 Å². The van der Waals surface area contributed by atoms with Crippen molar-refractivity contribution in [3.8, 4) is 11.3 Å². The van der Waals surface area contributed by atoms with Gasteiger partial charge in [0.25, 0.3) is 0 Å². The van der Waals surface area contributed by atoms with E-state index in [0.717, 1.165) is 23.5 Å². The molecule has 1 N–H and O–H groups in total. The third-order valence-corrected chi connectivity index (χ3v) is 5.21. The minimum absolute atomic E-state index is 0.0423. The Kier molecular flexibility index (Phi) is 6.14. The van der Waals surface area contributed by atoms with E-state index in [1.54, 1.807) is 18.2 Å². The molecule has 8 heteroatoms. The van der Waals surface area contributed by atoms with E-state index in [0.29, 0.717) is 48.9 Å². The normalized spacial score (nSPS) is 14.3. The van der Waals surface area contributed by atoms with Crippen molar-refractivity contribution in [3.05, 3.63) is 71.8 Å². The molecule has 0 bridgehead atoms. The second-order valence-electron chi connectivity index (χ2n) is 7.54. The predicted molar refractivity (Wildman–Crippen MR) is 117 cm³/mol. The highest BCUT2D eigenvalue weighted by Crippen LogP contribution is 2.32. The number of ketones is 1. The number of carbonyl (C=O) groups excluding carboxylic acids is 1. The smallest absolute Gasteiger partial charge is 0.378 e. The third-order valence-electron chi connectivity index (χ3n) is 5.21. The van der Waals surface area contributed by atoms with Crippen LogP contribution in [0.15, 0.2) is 60.7 Å². The lowest BCUT2D eigenvalue weighted by atomic mass is 10.0. The number of pyridine rings is 1. The molecule has 2 aromatic carbocycles. The molecule has 2 heterocycles. The number of carbonyl (C=O) groups is 1. The summed E-state index contributed by atoms with van der Waals surface area (Å²) in [6.45, 7) is 4.06. The zero-order chi connectivity index (χ0) is 22.7. The van der Waals surface area contributed by atoms with Gasteiger partial charge in [0.05, 0.1) is 24.5 Å². The molecule has 1 saturated heterocycles. The van der Waals surface area contributed by atoms with Gasteiger partial charge < -0.3 is 15.0 Å². The first-order chi connectivity index (χ1) is 15.3. The molecule has 4 rings (SSSR count). The molecule has 0 radical (unpaired) electrons.